The third-order valence-electron chi connectivity index (χ3n) is 3.45. The van der Waals surface area contributed by atoms with Crippen molar-refractivity contribution in [1.82, 2.24) is 10.2 Å². The first-order valence-electron chi connectivity index (χ1n) is 7.33. The van der Waals surface area contributed by atoms with E-state index >= 15 is 0 Å². The van der Waals surface area contributed by atoms with E-state index in [0.29, 0.717) is 25.5 Å². The SMILES string of the molecule is CC(C)CC1C(=O)NCC(=O)N1CCOc1ccccc1. The molecule has 1 aliphatic rings. The number of piperazine rings is 1. The van der Waals surface area contributed by atoms with Gasteiger partial charge in [-0.3, -0.25) is 9.59 Å². The average Bonchev–Trinajstić information content (AvgIpc) is 2.46. The molecule has 5 nitrogen and oxygen atoms in total. The molecule has 1 aromatic carbocycles. The first kappa shape index (κ1) is 15.4. The third kappa shape index (κ3) is 4.21. The number of benzene rings is 1. The van der Waals surface area contributed by atoms with E-state index in [1.54, 1.807) is 4.90 Å². The maximum Gasteiger partial charge on any atom is 0.243 e. The van der Waals surface area contributed by atoms with E-state index in [4.69, 9.17) is 4.74 Å². The summed E-state index contributed by atoms with van der Waals surface area (Å²) >= 11 is 0. The molecule has 2 amide bonds. The minimum atomic E-state index is -0.384. The van der Waals surface area contributed by atoms with Crippen LogP contribution in [0.3, 0.4) is 0 Å². The van der Waals surface area contributed by atoms with Crippen LogP contribution in [-0.2, 0) is 9.59 Å². The van der Waals surface area contributed by atoms with Crippen molar-refractivity contribution in [2.45, 2.75) is 26.3 Å². The Labute approximate surface area is 125 Å². The van der Waals surface area contributed by atoms with Crippen LogP contribution in [0.5, 0.6) is 5.75 Å². The predicted octanol–water partition coefficient (Wildman–Crippen LogP) is 1.44. The molecule has 0 spiro atoms. The van der Waals surface area contributed by atoms with Crippen LogP contribution in [0.15, 0.2) is 30.3 Å². The van der Waals surface area contributed by atoms with Gasteiger partial charge in [-0.05, 0) is 24.5 Å². The highest BCUT2D eigenvalue weighted by molar-refractivity contribution is 5.94. The lowest BCUT2D eigenvalue weighted by Crippen LogP contribution is -2.59. The molecule has 1 aromatic rings. The van der Waals surface area contributed by atoms with Gasteiger partial charge in [0.1, 0.15) is 18.4 Å². The molecule has 0 bridgehead atoms. The highest BCUT2D eigenvalue weighted by Crippen LogP contribution is 2.15. The molecular formula is C16H22N2O3. The predicted molar refractivity (Wildman–Crippen MR) is 79.9 cm³/mol. The second kappa shape index (κ2) is 7.11. The van der Waals surface area contributed by atoms with E-state index in [0.717, 1.165) is 5.75 Å². The summed E-state index contributed by atoms with van der Waals surface area (Å²) < 4.78 is 5.62. The lowest BCUT2D eigenvalue weighted by Gasteiger charge is -2.35. The summed E-state index contributed by atoms with van der Waals surface area (Å²) in [6.07, 6.45) is 0.670. The van der Waals surface area contributed by atoms with Gasteiger partial charge >= 0.3 is 0 Å². The fourth-order valence-electron chi connectivity index (χ4n) is 2.44. The smallest absolute Gasteiger partial charge is 0.243 e. The van der Waals surface area contributed by atoms with Crippen LogP contribution in [0.2, 0.25) is 0 Å². The Kier molecular flexibility index (Phi) is 5.20. The molecule has 1 aliphatic heterocycles. The van der Waals surface area contributed by atoms with Gasteiger partial charge in [0.2, 0.25) is 11.8 Å². The molecule has 2 rings (SSSR count). The number of amides is 2. The molecule has 1 heterocycles. The average molecular weight is 290 g/mol. The quantitative estimate of drug-likeness (QED) is 0.862. The fraction of sp³-hybridized carbons (Fsp3) is 0.500. The maximum atomic E-state index is 12.0. The normalized spacial score (nSPS) is 18.8. The molecule has 114 valence electrons. The van der Waals surface area contributed by atoms with Gasteiger partial charge < -0.3 is 15.0 Å². The Balaban J connectivity index is 1.94. The van der Waals surface area contributed by atoms with E-state index in [1.165, 1.54) is 0 Å². The number of para-hydroxylation sites is 1. The first-order chi connectivity index (χ1) is 10.1. The van der Waals surface area contributed by atoms with E-state index in [1.807, 2.05) is 44.2 Å². The molecule has 1 atom stereocenters. The Morgan fingerprint density at radius 2 is 2.00 bits per heavy atom. The molecule has 0 aliphatic carbocycles. The van der Waals surface area contributed by atoms with E-state index < -0.39 is 0 Å². The molecule has 0 radical (unpaired) electrons. The number of nitrogens with one attached hydrogen (secondary N) is 1. The van der Waals surface area contributed by atoms with E-state index in [9.17, 15) is 9.59 Å². The van der Waals surface area contributed by atoms with Crippen molar-refractivity contribution in [1.29, 1.82) is 0 Å². The first-order valence-corrected chi connectivity index (χ1v) is 7.33. The van der Waals surface area contributed by atoms with Gasteiger partial charge in [0.25, 0.3) is 0 Å². The standard InChI is InChI=1S/C16H22N2O3/c1-12(2)10-14-16(20)17-11-15(19)18(14)8-9-21-13-6-4-3-5-7-13/h3-7,12,14H,8-11H2,1-2H3,(H,17,20). The molecule has 5 heteroatoms. The van der Waals surface area contributed by atoms with Gasteiger partial charge in [-0.25, -0.2) is 0 Å². The molecule has 0 saturated carbocycles. The van der Waals surface area contributed by atoms with Crippen LogP contribution in [0.25, 0.3) is 0 Å². The van der Waals surface area contributed by atoms with Crippen molar-refractivity contribution in [3.05, 3.63) is 30.3 Å². The Morgan fingerprint density at radius 1 is 1.29 bits per heavy atom. The summed E-state index contributed by atoms with van der Waals surface area (Å²) in [6, 6.07) is 9.08. The van der Waals surface area contributed by atoms with Crippen molar-refractivity contribution in [3.8, 4) is 5.75 Å². The van der Waals surface area contributed by atoms with Crippen molar-refractivity contribution in [2.24, 2.45) is 5.92 Å². The van der Waals surface area contributed by atoms with Crippen molar-refractivity contribution >= 4 is 11.8 Å². The molecule has 1 saturated heterocycles. The topological polar surface area (TPSA) is 58.6 Å². The largest absolute Gasteiger partial charge is 0.492 e. The zero-order valence-corrected chi connectivity index (χ0v) is 12.5. The highest BCUT2D eigenvalue weighted by Gasteiger charge is 2.34. The van der Waals surface area contributed by atoms with E-state index in [2.05, 4.69) is 5.32 Å². The van der Waals surface area contributed by atoms with Crippen molar-refractivity contribution < 1.29 is 14.3 Å². The van der Waals surface area contributed by atoms with Crippen LogP contribution in [0.1, 0.15) is 20.3 Å². The monoisotopic (exact) mass is 290 g/mol. The lowest BCUT2D eigenvalue weighted by molar-refractivity contribution is -0.146. The van der Waals surface area contributed by atoms with Crippen molar-refractivity contribution in [3.63, 3.8) is 0 Å². The highest BCUT2D eigenvalue weighted by atomic mass is 16.5. The third-order valence-corrected chi connectivity index (χ3v) is 3.45. The minimum absolute atomic E-state index is 0.0445. The lowest BCUT2D eigenvalue weighted by atomic mass is 10.00. The molecule has 0 aromatic heterocycles. The zero-order chi connectivity index (χ0) is 15.2. The Bertz CT molecular complexity index is 488. The number of nitrogens with zero attached hydrogens (tertiary/aromatic N) is 1. The number of hydrogen-bond acceptors (Lipinski definition) is 3. The number of hydrogen-bond donors (Lipinski definition) is 1. The summed E-state index contributed by atoms with van der Waals surface area (Å²) in [7, 11) is 0. The van der Waals surface area contributed by atoms with Gasteiger partial charge in [-0.2, -0.15) is 0 Å². The van der Waals surface area contributed by atoms with Crippen LogP contribution >= 0.6 is 0 Å². The van der Waals surface area contributed by atoms with Gasteiger partial charge in [-0.1, -0.05) is 32.0 Å². The van der Waals surface area contributed by atoms with Crippen LogP contribution in [-0.4, -0.2) is 42.5 Å². The molecule has 1 unspecified atom stereocenters. The van der Waals surface area contributed by atoms with Crippen molar-refractivity contribution in [2.75, 3.05) is 19.7 Å². The number of carbonyl (C=O) groups is 2. The molecule has 21 heavy (non-hydrogen) atoms. The number of ether oxygens (including phenoxy) is 1. The molecular weight excluding hydrogens is 268 g/mol. The van der Waals surface area contributed by atoms with Crippen LogP contribution < -0.4 is 10.1 Å². The molecule has 1 N–H and O–H groups in total. The van der Waals surface area contributed by atoms with Gasteiger partial charge in [0.05, 0.1) is 13.1 Å². The molecule has 1 fully saturated rings. The Morgan fingerprint density at radius 3 is 2.67 bits per heavy atom. The second-order valence-corrected chi connectivity index (χ2v) is 5.61. The van der Waals surface area contributed by atoms with Crippen LogP contribution in [0.4, 0.5) is 0 Å². The number of rotatable bonds is 6. The van der Waals surface area contributed by atoms with Crippen LogP contribution in [0, 0.1) is 5.92 Å². The summed E-state index contributed by atoms with van der Waals surface area (Å²) in [6.45, 7) is 4.99. The van der Waals surface area contributed by atoms with Gasteiger partial charge in [0, 0.05) is 0 Å². The van der Waals surface area contributed by atoms with E-state index in [-0.39, 0.29) is 24.4 Å². The summed E-state index contributed by atoms with van der Waals surface area (Å²) in [5.74, 6) is 1.01. The van der Waals surface area contributed by atoms with Gasteiger partial charge in [-0.15, -0.1) is 0 Å². The maximum absolute atomic E-state index is 12.0. The van der Waals surface area contributed by atoms with Gasteiger partial charge in [0.15, 0.2) is 0 Å². The Hall–Kier alpha value is -2.04. The summed E-state index contributed by atoms with van der Waals surface area (Å²) in [4.78, 5) is 25.6. The fourth-order valence-corrected chi connectivity index (χ4v) is 2.44. The summed E-state index contributed by atoms with van der Waals surface area (Å²) in [5, 5.41) is 2.65. The minimum Gasteiger partial charge on any atom is -0.492 e. The second-order valence-electron chi connectivity index (χ2n) is 5.61. The zero-order valence-electron chi connectivity index (χ0n) is 12.5. The summed E-state index contributed by atoms with van der Waals surface area (Å²) in [5.41, 5.74) is 0. The number of carbonyl (C=O) groups excluding carboxylic acids is 2.